The summed E-state index contributed by atoms with van der Waals surface area (Å²) in [5.74, 6) is -0.534. The Bertz CT molecular complexity index is 329. The molecular weight excluding hydrogens is 234 g/mol. The van der Waals surface area contributed by atoms with Gasteiger partial charge in [0.15, 0.2) is 0 Å². The number of carbonyl (C=O) groups excluding carboxylic acids is 2. The molecule has 1 fully saturated rings. The van der Waals surface area contributed by atoms with Crippen LogP contribution in [0.25, 0.3) is 0 Å². The first-order valence-electron chi connectivity index (χ1n) is 6.24. The van der Waals surface area contributed by atoms with Crippen LogP contribution in [0.4, 0.5) is 0 Å². The number of amides is 1. The third-order valence-electron chi connectivity index (χ3n) is 3.49. The van der Waals surface area contributed by atoms with Crippen molar-refractivity contribution in [2.45, 2.75) is 32.7 Å². The van der Waals surface area contributed by atoms with Crippen LogP contribution in [0, 0.1) is 11.8 Å². The van der Waals surface area contributed by atoms with Crippen molar-refractivity contribution < 1.29 is 19.1 Å². The fourth-order valence-corrected chi connectivity index (χ4v) is 2.59. The van der Waals surface area contributed by atoms with Gasteiger partial charge in [0.05, 0.1) is 25.2 Å². The lowest BCUT2D eigenvalue weighted by Gasteiger charge is -2.35. The number of ether oxygens (including phenoxy) is 2. The molecule has 1 unspecified atom stereocenters. The zero-order valence-corrected chi connectivity index (χ0v) is 11.9. The van der Waals surface area contributed by atoms with Crippen LogP contribution in [-0.4, -0.2) is 49.7 Å². The van der Waals surface area contributed by atoms with Gasteiger partial charge in [0.1, 0.15) is 0 Å². The third kappa shape index (κ3) is 2.83. The summed E-state index contributed by atoms with van der Waals surface area (Å²) in [5.41, 5.74) is -0.422. The van der Waals surface area contributed by atoms with Gasteiger partial charge in [-0.05, 0) is 13.3 Å². The van der Waals surface area contributed by atoms with Gasteiger partial charge in [-0.15, -0.1) is 0 Å². The highest BCUT2D eigenvalue weighted by Crippen LogP contribution is 2.35. The molecule has 0 bridgehead atoms. The van der Waals surface area contributed by atoms with E-state index in [-0.39, 0.29) is 23.7 Å². The molecule has 1 aliphatic heterocycles. The van der Waals surface area contributed by atoms with Crippen LogP contribution in [0.5, 0.6) is 0 Å². The molecule has 0 radical (unpaired) electrons. The molecule has 0 aliphatic carbocycles. The van der Waals surface area contributed by atoms with Crippen molar-refractivity contribution in [2.24, 2.45) is 11.8 Å². The van der Waals surface area contributed by atoms with E-state index < -0.39 is 5.54 Å². The SMILES string of the molecule is COC[C@]1(C)CC(C(=O)OC)CN1C(=O)C(C)C. The van der Waals surface area contributed by atoms with E-state index in [0.717, 1.165) is 0 Å². The van der Waals surface area contributed by atoms with Crippen LogP contribution in [0.3, 0.4) is 0 Å². The Morgan fingerprint density at radius 3 is 2.44 bits per heavy atom. The average molecular weight is 257 g/mol. The molecule has 18 heavy (non-hydrogen) atoms. The summed E-state index contributed by atoms with van der Waals surface area (Å²) >= 11 is 0. The van der Waals surface area contributed by atoms with E-state index in [1.807, 2.05) is 20.8 Å². The molecule has 0 saturated carbocycles. The first-order valence-corrected chi connectivity index (χ1v) is 6.24. The molecule has 2 atom stereocenters. The number of rotatable bonds is 4. The quantitative estimate of drug-likeness (QED) is 0.707. The molecule has 1 heterocycles. The molecule has 5 heteroatoms. The standard InChI is InChI=1S/C13H23NO4/c1-9(2)11(15)14-7-10(12(16)18-5)6-13(14,3)8-17-4/h9-10H,6-8H2,1-5H3/t10?,13-/m0/s1. The van der Waals surface area contributed by atoms with Gasteiger partial charge in [0.25, 0.3) is 0 Å². The Labute approximate surface area is 108 Å². The summed E-state index contributed by atoms with van der Waals surface area (Å²) in [6, 6.07) is 0. The second-order valence-electron chi connectivity index (χ2n) is 5.46. The Balaban J connectivity index is 2.91. The second kappa shape index (κ2) is 5.69. The highest BCUT2D eigenvalue weighted by Gasteiger charge is 2.47. The summed E-state index contributed by atoms with van der Waals surface area (Å²) < 4.78 is 9.98. The van der Waals surface area contributed by atoms with Gasteiger partial charge < -0.3 is 14.4 Å². The van der Waals surface area contributed by atoms with Gasteiger partial charge in [0.2, 0.25) is 5.91 Å². The molecule has 1 amide bonds. The topological polar surface area (TPSA) is 55.8 Å². The summed E-state index contributed by atoms with van der Waals surface area (Å²) in [6.07, 6.45) is 0.589. The van der Waals surface area contributed by atoms with E-state index in [1.54, 1.807) is 12.0 Å². The molecular formula is C13H23NO4. The lowest BCUT2D eigenvalue weighted by Crippen LogP contribution is -2.49. The second-order valence-corrected chi connectivity index (χ2v) is 5.46. The number of likely N-dealkylation sites (tertiary alicyclic amines) is 1. The van der Waals surface area contributed by atoms with E-state index in [4.69, 9.17) is 9.47 Å². The number of esters is 1. The Kier molecular flexibility index (Phi) is 4.73. The Hall–Kier alpha value is -1.10. The maximum atomic E-state index is 12.2. The first kappa shape index (κ1) is 15.0. The van der Waals surface area contributed by atoms with Crippen LogP contribution < -0.4 is 0 Å². The lowest BCUT2D eigenvalue weighted by atomic mass is 9.94. The zero-order valence-electron chi connectivity index (χ0n) is 11.9. The van der Waals surface area contributed by atoms with Crippen LogP contribution in [0.2, 0.25) is 0 Å². The van der Waals surface area contributed by atoms with Gasteiger partial charge >= 0.3 is 5.97 Å². The average Bonchev–Trinajstić information content (AvgIpc) is 2.65. The van der Waals surface area contributed by atoms with Gasteiger partial charge in [-0.25, -0.2) is 0 Å². The van der Waals surface area contributed by atoms with Gasteiger partial charge in [-0.3, -0.25) is 9.59 Å². The number of hydrogen-bond donors (Lipinski definition) is 0. The lowest BCUT2D eigenvalue weighted by molar-refractivity contribution is -0.145. The predicted molar refractivity (Wildman–Crippen MR) is 67.0 cm³/mol. The van der Waals surface area contributed by atoms with E-state index in [1.165, 1.54) is 7.11 Å². The van der Waals surface area contributed by atoms with Gasteiger partial charge in [-0.2, -0.15) is 0 Å². The molecule has 0 aromatic rings. The molecule has 1 rings (SSSR count). The molecule has 104 valence electrons. The minimum absolute atomic E-state index is 0.0564. The minimum Gasteiger partial charge on any atom is -0.469 e. The van der Waals surface area contributed by atoms with Crippen LogP contribution in [0.1, 0.15) is 27.2 Å². The minimum atomic E-state index is -0.422. The summed E-state index contributed by atoms with van der Waals surface area (Å²) in [4.78, 5) is 25.6. The Morgan fingerprint density at radius 2 is 2.00 bits per heavy atom. The molecule has 1 aliphatic rings. The van der Waals surface area contributed by atoms with Crippen LogP contribution in [0.15, 0.2) is 0 Å². The van der Waals surface area contributed by atoms with Crippen molar-refractivity contribution in [2.75, 3.05) is 27.4 Å². The maximum Gasteiger partial charge on any atom is 0.310 e. The molecule has 0 aromatic carbocycles. The fourth-order valence-electron chi connectivity index (χ4n) is 2.59. The van der Waals surface area contributed by atoms with Crippen molar-refractivity contribution in [3.8, 4) is 0 Å². The molecule has 5 nitrogen and oxygen atoms in total. The number of nitrogens with zero attached hydrogens (tertiary/aromatic N) is 1. The maximum absolute atomic E-state index is 12.2. The van der Waals surface area contributed by atoms with Gasteiger partial charge in [-0.1, -0.05) is 13.8 Å². The third-order valence-corrected chi connectivity index (χ3v) is 3.49. The molecule has 0 spiro atoms. The first-order chi connectivity index (χ1) is 8.35. The fraction of sp³-hybridized carbons (Fsp3) is 0.846. The number of methoxy groups -OCH3 is 2. The molecule has 0 aromatic heterocycles. The van der Waals surface area contributed by atoms with Crippen LogP contribution >= 0.6 is 0 Å². The van der Waals surface area contributed by atoms with Crippen molar-refractivity contribution in [3.05, 3.63) is 0 Å². The monoisotopic (exact) mass is 257 g/mol. The summed E-state index contributed by atoms with van der Waals surface area (Å²) in [7, 11) is 2.98. The van der Waals surface area contributed by atoms with Gasteiger partial charge in [0, 0.05) is 19.6 Å². The highest BCUT2D eigenvalue weighted by molar-refractivity contribution is 5.81. The zero-order chi connectivity index (χ0) is 13.9. The molecule has 0 N–H and O–H groups in total. The number of carbonyl (C=O) groups is 2. The largest absolute Gasteiger partial charge is 0.469 e. The van der Waals surface area contributed by atoms with E-state index >= 15 is 0 Å². The Morgan fingerprint density at radius 1 is 1.39 bits per heavy atom. The predicted octanol–water partition coefficient (Wildman–Crippen LogP) is 1.07. The van der Waals surface area contributed by atoms with Crippen molar-refractivity contribution in [1.82, 2.24) is 4.90 Å². The van der Waals surface area contributed by atoms with Crippen molar-refractivity contribution in [1.29, 1.82) is 0 Å². The van der Waals surface area contributed by atoms with Crippen molar-refractivity contribution >= 4 is 11.9 Å². The van der Waals surface area contributed by atoms with E-state index in [2.05, 4.69) is 0 Å². The van der Waals surface area contributed by atoms with E-state index in [0.29, 0.717) is 19.6 Å². The smallest absolute Gasteiger partial charge is 0.310 e. The number of hydrogen-bond acceptors (Lipinski definition) is 4. The molecule has 1 saturated heterocycles. The highest BCUT2D eigenvalue weighted by atomic mass is 16.5. The van der Waals surface area contributed by atoms with Crippen molar-refractivity contribution in [3.63, 3.8) is 0 Å². The summed E-state index contributed by atoms with van der Waals surface area (Å²) in [5, 5.41) is 0. The summed E-state index contributed by atoms with van der Waals surface area (Å²) in [6.45, 7) is 6.53. The van der Waals surface area contributed by atoms with Crippen LogP contribution in [-0.2, 0) is 19.1 Å². The normalized spacial score (nSPS) is 27.7. The van der Waals surface area contributed by atoms with E-state index in [9.17, 15) is 9.59 Å².